The van der Waals surface area contributed by atoms with Gasteiger partial charge in [0.05, 0.1) is 42.3 Å². The molecule has 3 N–H and O–H groups in total. The molecule has 2 saturated heterocycles. The normalized spacial score (nSPS) is 25.7. The first kappa shape index (κ1) is 29.2. The van der Waals surface area contributed by atoms with Crippen molar-refractivity contribution >= 4 is 29.0 Å². The van der Waals surface area contributed by atoms with Crippen molar-refractivity contribution in [2.75, 3.05) is 25.1 Å². The summed E-state index contributed by atoms with van der Waals surface area (Å²) in [5.41, 5.74) is -2.11. The zero-order valence-corrected chi connectivity index (χ0v) is 23.4. The van der Waals surface area contributed by atoms with E-state index in [-0.39, 0.29) is 35.0 Å². The Morgan fingerprint density at radius 1 is 1.19 bits per heavy atom. The lowest BCUT2D eigenvalue weighted by Crippen LogP contribution is -2.42. The van der Waals surface area contributed by atoms with E-state index >= 15 is 0 Å². The molecule has 2 aromatic heterocycles. The Morgan fingerprint density at radius 2 is 1.88 bits per heavy atom. The number of carbonyl (C=O) groups excluding carboxylic acids is 2. The van der Waals surface area contributed by atoms with Gasteiger partial charge in [-0.1, -0.05) is 0 Å². The van der Waals surface area contributed by atoms with Crippen molar-refractivity contribution in [2.24, 2.45) is 11.8 Å². The van der Waals surface area contributed by atoms with E-state index in [4.69, 9.17) is 4.74 Å². The molecule has 2 saturated carbocycles. The Kier molecular flexibility index (Phi) is 7.41. The molecule has 0 radical (unpaired) electrons. The van der Waals surface area contributed by atoms with Crippen LogP contribution in [0.1, 0.15) is 64.9 Å². The standard InChI is InChI=1S/C27H30F5N5O4S/c1-12-7-26(28,29)11-37(12)25(40)21-22(42-24(36-21)23(39)34-17-9-41-10-18(17)38)15-8-33-19(6-16(15)27(30,31)32)35-20(13-2-3-13)14-4-5-14/h6,8,12-14,17-18,20,38H,2-5,7,9-11H2,1H3,(H,33,35)(H,34,39)/t12-,17-,18+/m0/s1. The largest absolute Gasteiger partial charge is 0.417 e. The number of ether oxygens (including phenoxy) is 1. The predicted molar refractivity (Wildman–Crippen MR) is 141 cm³/mol. The van der Waals surface area contributed by atoms with E-state index in [9.17, 15) is 36.6 Å². The zero-order chi connectivity index (χ0) is 30.0. The van der Waals surface area contributed by atoms with Crippen molar-refractivity contribution in [1.82, 2.24) is 20.2 Å². The van der Waals surface area contributed by atoms with E-state index in [0.717, 1.165) is 42.8 Å². The molecular formula is C27H30F5N5O4S. The average Bonchev–Trinajstić information content (AvgIpc) is 3.83. The smallest absolute Gasteiger partial charge is 0.388 e. The third-order valence-corrected chi connectivity index (χ3v) is 9.30. The van der Waals surface area contributed by atoms with Gasteiger partial charge in [0.15, 0.2) is 5.01 Å². The molecule has 15 heteroatoms. The van der Waals surface area contributed by atoms with Gasteiger partial charge in [-0.2, -0.15) is 13.2 Å². The van der Waals surface area contributed by atoms with E-state index in [2.05, 4.69) is 20.6 Å². The molecule has 2 aromatic rings. The van der Waals surface area contributed by atoms with Gasteiger partial charge in [0, 0.05) is 30.3 Å². The number of carbonyl (C=O) groups is 2. The lowest BCUT2D eigenvalue weighted by Gasteiger charge is -2.22. The molecule has 0 bridgehead atoms. The number of amides is 2. The second kappa shape index (κ2) is 10.7. The van der Waals surface area contributed by atoms with Crippen LogP contribution < -0.4 is 10.6 Å². The molecule has 3 atom stereocenters. The van der Waals surface area contributed by atoms with Gasteiger partial charge < -0.3 is 25.4 Å². The molecule has 0 unspecified atom stereocenters. The molecule has 6 rings (SSSR count). The quantitative estimate of drug-likeness (QED) is 0.382. The third kappa shape index (κ3) is 5.95. The molecule has 4 fully saturated rings. The van der Waals surface area contributed by atoms with Crippen molar-refractivity contribution in [3.05, 3.63) is 28.5 Å². The van der Waals surface area contributed by atoms with Crippen molar-refractivity contribution < 1.29 is 41.4 Å². The number of rotatable bonds is 8. The van der Waals surface area contributed by atoms with Gasteiger partial charge >= 0.3 is 6.18 Å². The molecule has 4 aliphatic rings. The minimum atomic E-state index is -4.87. The van der Waals surface area contributed by atoms with Crippen molar-refractivity contribution in [3.8, 4) is 10.4 Å². The molecule has 2 amide bonds. The Morgan fingerprint density at radius 3 is 2.43 bits per heavy atom. The van der Waals surface area contributed by atoms with Gasteiger partial charge in [0.2, 0.25) is 0 Å². The van der Waals surface area contributed by atoms with E-state index in [1.807, 2.05) is 0 Å². The third-order valence-electron chi connectivity index (χ3n) is 8.21. The number of likely N-dealkylation sites (tertiary alicyclic amines) is 1. The highest BCUT2D eigenvalue weighted by molar-refractivity contribution is 7.17. The number of aliphatic hydroxyl groups is 1. The van der Waals surface area contributed by atoms with Crippen LogP contribution in [0.3, 0.4) is 0 Å². The van der Waals surface area contributed by atoms with Gasteiger partial charge in [0.1, 0.15) is 11.5 Å². The van der Waals surface area contributed by atoms with Gasteiger partial charge in [-0.15, -0.1) is 11.3 Å². The number of pyridine rings is 1. The number of anilines is 1. The highest BCUT2D eigenvalue weighted by Crippen LogP contribution is 2.47. The number of hydrogen-bond donors (Lipinski definition) is 3. The van der Waals surface area contributed by atoms with Crippen LogP contribution >= 0.6 is 11.3 Å². The summed E-state index contributed by atoms with van der Waals surface area (Å²) in [5, 5.41) is 15.3. The lowest BCUT2D eigenvalue weighted by molar-refractivity contribution is -0.137. The minimum Gasteiger partial charge on any atom is -0.388 e. The maximum absolute atomic E-state index is 14.5. The summed E-state index contributed by atoms with van der Waals surface area (Å²) < 4.78 is 76.9. The monoisotopic (exact) mass is 615 g/mol. The minimum absolute atomic E-state index is 0.0105. The Bertz CT molecular complexity index is 1370. The van der Waals surface area contributed by atoms with Crippen LogP contribution in [0.25, 0.3) is 10.4 Å². The molecule has 9 nitrogen and oxygen atoms in total. The highest BCUT2D eigenvalue weighted by atomic mass is 32.1. The molecule has 0 aromatic carbocycles. The van der Waals surface area contributed by atoms with E-state index in [1.54, 1.807) is 0 Å². The number of aromatic nitrogens is 2. The van der Waals surface area contributed by atoms with Crippen LogP contribution in [-0.4, -0.2) is 81.7 Å². The molecule has 228 valence electrons. The first-order chi connectivity index (χ1) is 19.8. The molecular weight excluding hydrogens is 585 g/mol. The van der Waals surface area contributed by atoms with Crippen molar-refractivity contribution in [1.29, 1.82) is 0 Å². The van der Waals surface area contributed by atoms with E-state index in [1.165, 1.54) is 6.92 Å². The van der Waals surface area contributed by atoms with Gasteiger partial charge in [0.25, 0.3) is 17.7 Å². The Balaban J connectivity index is 1.38. The summed E-state index contributed by atoms with van der Waals surface area (Å²) in [5.74, 6) is -4.18. The zero-order valence-electron chi connectivity index (χ0n) is 22.6. The predicted octanol–water partition coefficient (Wildman–Crippen LogP) is 4.18. The summed E-state index contributed by atoms with van der Waals surface area (Å²) in [6.07, 6.45) is -1.45. The van der Waals surface area contributed by atoms with Crippen LogP contribution in [0, 0.1) is 11.8 Å². The average molecular weight is 616 g/mol. The molecule has 42 heavy (non-hydrogen) atoms. The van der Waals surface area contributed by atoms with E-state index < -0.39 is 71.9 Å². The number of aliphatic hydroxyl groups excluding tert-OH is 1. The topological polar surface area (TPSA) is 117 Å². The number of halogens is 5. The number of nitrogens with zero attached hydrogens (tertiary/aromatic N) is 3. The number of thiazole rings is 1. The second-order valence-corrected chi connectivity index (χ2v) is 12.7. The summed E-state index contributed by atoms with van der Waals surface area (Å²) >= 11 is 0.532. The maximum Gasteiger partial charge on any atom is 0.417 e. The summed E-state index contributed by atoms with van der Waals surface area (Å²) in [7, 11) is 0. The Labute approximate surface area is 241 Å². The van der Waals surface area contributed by atoms with Crippen molar-refractivity contribution in [2.45, 2.75) is 75.4 Å². The second-order valence-electron chi connectivity index (χ2n) is 11.7. The van der Waals surface area contributed by atoms with Crippen molar-refractivity contribution in [3.63, 3.8) is 0 Å². The first-order valence-electron chi connectivity index (χ1n) is 13.9. The fourth-order valence-electron chi connectivity index (χ4n) is 5.73. The first-order valence-corrected chi connectivity index (χ1v) is 14.7. The van der Waals surface area contributed by atoms with Gasteiger partial charge in [-0.25, -0.2) is 18.7 Å². The Hall–Kier alpha value is -2.91. The van der Waals surface area contributed by atoms with E-state index in [0.29, 0.717) is 23.2 Å². The fraction of sp³-hybridized carbons (Fsp3) is 0.630. The molecule has 2 aliphatic carbocycles. The fourth-order valence-corrected chi connectivity index (χ4v) is 6.71. The maximum atomic E-state index is 14.5. The molecule has 2 aliphatic heterocycles. The van der Waals surface area contributed by atoms with Crippen LogP contribution in [0.2, 0.25) is 0 Å². The summed E-state index contributed by atoms with van der Waals surface area (Å²) in [6, 6.07) is -0.767. The number of nitrogens with one attached hydrogen (secondary N) is 2. The van der Waals surface area contributed by atoms with Crippen LogP contribution in [0.4, 0.5) is 27.8 Å². The van der Waals surface area contributed by atoms with Crippen LogP contribution in [-0.2, 0) is 10.9 Å². The summed E-state index contributed by atoms with van der Waals surface area (Å²) in [4.78, 5) is 35.4. The summed E-state index contributed by atoms with van der Waals surface area (Å²) in [6.45, 7) is 0.492. The van der Waals surface area contributed by atoms with Gasteiger partial charge in [-0.3, -0.25) is 9.59 Å². The van der Waals surface area contributed by atoms with Gasteiger partial charge in [-0.05, 0) is 50.5 Å². The number of hydrogen-bond acceptors (Lipinski definition) is 8. The highest BCUT2D eigenvalue weighted by Gasteiger charge is 2.47. The van der Waals surface area contributed by atoms with Crippen LogP contribution in [0.15, 0.2) is 12.3 Å². The lowest BCUT2D eigenvalue weighted by atomic mass is 10.0. The number of alkyl halides is 5. The SMILES string of the molecule is C[C@H]1CC(F)(F)CN1C(=O)c1nc(C(=O)N[C@H]2COC[C@H]2O)sc1-c1cnc(NC(C2CC2)C2CC2)cc1C(F)(F)F. The molecule has 4 heterocycles. The van der Waals surface area contributed by atoms with Crippen LogP contribution in [0.5, 0.6) is 0 Å². The molecule has 0 spiro atoms.